The molecule has 0 amide bonds. The second-order valence-electron chi connectivity index (χ2n) is 23.2. The summed E-state index contributed by atoms with van der Waals surface area (Å²) >= 11 is 0. The second kappa shape index (κ2) is 20.2. The Bertz CT molecular complexity index is 3660. The molecule has 5 nitrogen and oxygen atoms in total. The van der Waals surface area contributed by atoms with E-state index < -0.39 is 0 Å². The Morgan fingerprint density at radius 2 is 1.04 bits per heavy atom. The van der Waals surface area contributed by atoms with E-state index in [1.807, 2.05) is 12.3 Å². The van der Waals surface area contributed by atoms with Gasteiger partial charge in [0.2, 0.25) is 0 Å². The normalized spacial score (nSPS) is 13.3. The molecule has 0 fully saturated rings. The van der Waals surface area contributed by atoms with Crippen molar-refractivity contribution < 1.29 is 25.8 Å². The summed E-state index contributed by atoms with van der Waals surface area (Å²) in [5, 5.41) is 2.19. The third-order valence-corrected chi connectivity index (χ3v) is 15.2. The van der Waals surface area contributed by atoms with Gasteiger partial charge in [0, 0.05) is 71.9 Å². The maximum atomic E-state index is 6.98. The summed E-state index contributed by atoms with van der Waals surface area (Å²) in [6, 6.07) is 77.0. The number of fused-ring (bicyclic) bond motifs is 3. The van der Waals surface area contributed by atoms with Crippen LogP contribution in [0.3, 0.4) is 0 Å². The van der Waals surface area contributed by atoms with Crippen LogP contribution in [0.5, 0.6) is 11.5 Å². The molecule has 11 rings (SSSR count). The number of ether oxygens (including phenoxy) is 1. The van der Waals surface area contributed by atoms with E-state index in [4.69, 9.17) is 9.72 Å². The van der Waals surface area contributed by atoms with Crippen molar-refractivity contribution >= 4 is 33.2 Å². The van der Waals surface area contributed by atoms with E-state index in [0.29, 0.717) is 11.5 Å². The molecule has 6 heteroatoms. The number of hydrogen-bond donors (Lipinski definition) is 0. The predicted molar refractivity (Wildman–Crippen MR) is 313 cm³/mol. The van der Waals surface area contributed by atoms with Crippen LogP contribution in [0, 0.1) is 24.2 Å². The Kier molecular flexibility index (Phi) is 13.9. The summed E-state index contributed by atoms with van der Waals surface area (Å²) in [6.45, 7) is 25.2. The molecule has 2 aromatic heterocycles. The number of nitrogens with zero attached hydrogens (tertiary/aromatic N) is 4. The SMILES string of the molecule is CC(C)(C)C1=CN(c2[c-]c(Oc3[c-]c4c(cc3)c3cc(-c5ccccc5)ccc3n4-c3cc(C(C)(C)C)ccn3)cc(-c3ccccc3)c2)[CH-]N1c1cc(C(C)(C)c2ccccc2)cc(C(C)(C)c2ccccc2)c1.[Pt]. The van der Waals surface area contributed by atoms with Crippen molar-refractivity contribution in [3.05, 3.63) is 259 Å². The van der Waals surface area contributed by atoms with Gasteiger partial charge in [0.25, 0.3) is 0 Å². The second-order valence-corrected chi connectivity index (χ2v) is 23.2. The topological polar surface area (TPSA) is 33.5 Å². The average Bonchev–Trinajstić information content (AvgIpc) is 4.08. The van der Waals surface area contributed by atoms with Crippen LogP contribution in [-0.4, -0.2) is 9.55 Å². The number of benzene rings is 8. The largest absolute Gasteiger partial charge is 0.509 e. The molecule has 0 N–H and O–H groups in total. The van der Waals surface area contributed by atoms with Crippen LogP contribution in [-0.2, 0) is 37.3 Å². The maximum absolute atomic E-state index is 6.98. The van der Waals surface area contributed by atoms with E-state index in [2.05, 4.69) is 297 Å². The number of rotatable bonds is 11. The Morgan fingerprint density at radius 1 is 0.461 bits per heavy atom. The van der Waals surface area contributed by atoms with E-state index in [-0.39, 0.29) is 42.7 Å². The minimum absolute atomic E-state index is 0. The summed E-state index contributed by atoms with van der Waals surface area (Å²) in [6.07, 6.45) is 4.18. The Balaban J connectivity index is 0.00000657. The van der Waals surface area contributed by atoms with Crippen LogP contribution in [0.2, 0.25) is 0 Å². The number of allylic oxidation sites excluding steroid dienone is 1. The molecule has 384 valence electrons. The first kappa shape index (κ1) is 52.0. The van der Waals surface area contributed by atoms with Crippen LogP contribution in [0.4, 0.5) is 11.4 Å². The van der Waals surface area contributed by atoms with Crippen molar-refractivity contribution in [1.82, 2.24) is 9.55 Å². The molecule has 0 aliphatic carbocycles. The van der Waals surface area contributed by atoms with Crippen LogP contribution >= 0.6 is 0 Å². The molecule has 0 saturated carbocycles. The van der Waals surface area contributed by atoms with E-state index in [1.54, 1.807) is 0 Å². The molecule has 1 aliphatic heterocycles. The number of aromatic nitrogens is 2. The standard InChI is InChI=1S/C70H65N4O.Pt/c1-67(2,3)54-35-36-71-66(43-54)74-63-34-31-50(48-23-15-11-16-24-48)39-62(63)61-33-32-59(45-64(61)74)75-60-38-51(49-25-17-12-18-26-49)37-57(44-60)72-46-65(68(4,5)6)73(47-72)58-41-55(69(7,8)52-27-19-13-20-28-52)40-56(42-58)70(9,10)53-29-21-14-22-30-53;/h11-43,46-47H,1-10H3;/q-3;. The summed E-state index contributed by atoms with van der Waals surface area (Å²) < 4.78 is 9.21. The molecular weight excluding hydrogens is 1110 g/mol. The molecule has 0 radical (unpaired) electrons. The van der Waals surface area contributed by atoms with Crippen LogP contribution < -0.4 is 14.5 Å². The zero-order valence-electron chi connectivity index (χ0n) is 45.2. The molecule has 1 aliphatic rings. The summed E-state index contributed by atoms with van der Waals surface area (Å²) in [5.41, 5.74) is 14.9. The predicted octanol–water partition coefficient (Wildman–Crippen LogP) is 18.2. The van der Waals surface area contributed by atoms with Gasteiger partial charge >= 0.3 is 0 Å². The fourth-order valence-corrected chi connectivity index (χ4v) is 10.5. The quantitative estimate of drug-likeness (QED) is 0.121. The molecule has 0 bridgehead atoms. The molecular formula is C70H65N4OPt-3. The van der Waals surface area contributed by atoms with Crippen molar-refractivity contribution in [3.8, 4) is 39.6 Å². The molecule has 76 heavy (non-hydrogen) atoms. The minimum Gasteiger partial charge on any atom is -0.509 e. The van der Waals surface area contributed by atoms with Gasteiger partial charge in [-0.3, -0.25) is 0 Å². The van der Waals surface area contributed by atoms with Crippen LogP contribution in [0.15, 0.2) is 212 Å². The molecule has 0 spiro atoms. The van der Waals surface area contributed by atoms with Crippen LogP contribution in [0.25, 0.3) is 49.9 Å². The Morgan fingerprint density at radius 3 is 1.62 bits per heavy atom. The molecule has 10 aromatic rings. The van der Waals surface area contributed by atoms with Crippen molar-refractivity contribution in [1.29, 1.82) is 0 Å². The Labute approximate surface area is 464 Å². The van der Waals surface area contributed by atoms with E-state index >= 15 is 0 Å². The Hall–Kier alpha value is -7.46. The van der Waals surface area contributed by atoms with Gasteiger partial charge in [-0.05, 0) is 91.8 Å². The van der Waals surface area contributed by atoms with Crippen LogP contribution in [0.1, 0.15) is 97.1 Å². The van der Waals surface area contributed by atoms with Crippen molar-refractivity contribution in [2.45, 2.75) is 85.5 Å². The van der Waals surface area contributed by atoms with Gasteiger partial charge in [0.1, 0.15) is 5.82 Å². The first-order valence-electron chi connectivity index (χ1n) is 26.2. The zero-order valence-corrected chi connectivity index (χ0v) is 47.5. The molecule has 0 atom stereocenters. The first-order valence-corrected chi connectivity index (χ1v) is 26.2. The van der Waals surface area contributed by atoms with E-state index in [9.17, 15) is 0 Å². The van der Waals surface area contributed by atoms with Gasteiger partial charge in [0.15, 0.2) is 0 Å². The summed E-state index contributed by atoms with van der Waals surface area (Å²) in [4.78, 5) is 9.57. The van der Waals surface area contributed by atoms with E-state index in [1.165, 1.54) is 33.4 Å². The molecule has 0 saturated heterocycles. The monoisotopic (exact) mass is 1170 g/mol. The number of anilines is 2. The number of hydrogen-bond acceptors (Lipinski definition) is 4. The molecule has 3 heterocycles. The van der Waals surface area contributed by atoms with Gasteiger partial charge in [-0.1, -0.05) is 214 Å². The van der Waals surface area contributed by atoms with E-state index in [0.717, 1.165) is 61.4 Å². The van der Waals surface area contributed by atoms with Crippen molar-refractivity contribution in [2.75, 3.05) is 9.80 Å². The fourth-order valence-electron chi connectivity index (χ4n) is 10.5. The first-order chi connectivity index (χ1) is 35.9. The third-order valence-electron chi connectivity index (χ3n) is 15.2. The van der Waals surface area contributed by atoms with Crippen molar-refractivity contribution in [2.24, 2.45) is 5.41 Å². The third kappa shape index (κ3) is 10.1. The summed E-state index contributed by atoms with van der Waals surface area (Å²) in [7, 11) is 0. The summed E-state index contributed by atoms with van der Waals surface area (Å²) in [5.74, 6) is 2.00. The smallest absolute Gasteiger partial charge is 0.135 e. The van der Waals surface area contributed by atoms with Gasteiger partial charge in [-0.15, -0.1) is 53.6 Å². The minimum atomic E-state index is -0.277. The maximum Gasteiger partial charge on any atom is 0.135 e. The zero-order chi connectivity index (χ0) is 52.3. The average molecular weight is 1170 g/mol. The molecule has 8 aromatic carbocycles. The number of pyridine rings is 1. The van der Waals surface area contributed by atoms with Gasteiger partial charge in [-0.2, -0.15) is 6.07 Å². The van der Waals surface area contributed by atoms with Crippen molar-refractivity contribution in [3.63, 3.8) is 0 Å². The van der Waals surface area contributed by atoms with Gasteiger partial charge < -0.3 is 19.1 Å². The fraction of sp³-hybridized carbons (Fsp3) is 0.200. The van der Waals surface area contributed by atoms with Gasteiger partial charge in [0.05, 0.1) is 0 Å². The van der Waals surface area contributed by atoms with Gasteiger partial charge in [-0.25, -0.2) is 4.98 Å². The molecule has 0 unspecified atom stereocenters.